The number of fused-ring (bicyclic) bond motifs is 10. The lowest BCUT2D eigenvalue weighted by Crippen LogP contribution is -2.16. The van der Waals surface area contributed by atoms with Crippen molar-refractivity contribution in [1.82, 2.24) is 0 Å². The molecule has 0 amide bonds. The zero-order valence-electron chi connectivity index (χ0n) is 38.1. The highest BCUT2D eigenvalue weighted by Gasteiger charge is 2.36. The summed E-state index contributed by atoms with van der Waals surface area (Å²) in [6.07, 6.45) is 0. The fraction of sp³-hybridized carbons (Fsp3) is 0.0448. The van der Waals surface area contributed by atoms with Crippen molar-refractivity contribution in [3.8, 4) is 55.6 Å². The topological polar surface area (TPSA) is 3.24 Å². The molecule has 0 N–H and O–H groups in total. The van der Waals surface area contributed by atoms with Crippen LogP contribution in [0.3, 0.4) is 0 Å². The van der Waals surface area contributed by atoms with Gasteiger partial charge in [-0.2, -0.15) is 0 Å². The van der Waals surface area contributed by atoms with Crippen molar-refractivity contribution in [2.75, 3.05) is 4.90 Å². The number of hydrogen-bond donors (Lipinski definition) is 0. The van der Waals surface area contributed by atoms with Crippen LogP contribution in [-0.4, -0.2) is 0 Å². The van der Waals surface area contributed by atoms with Gasteiger partial charge in [-0.25, -0.2) is 0 Å². The Bertz CT molecular complexity index is 3900. The predicted molar refractivity (Wildman–Crippen MR) is 290 cm³/mol. The first-order chi connectivity index (χ1) is 33.5. The molecule has 0 spiro atoms. The molecule has 1 nitrogen and oxygen atoms in total. The van der Waals surface area contributed by atoms with Gasteiger partial charge in [0, 0.05) is 22.5 Å². The molecule has 0 bridgehead atoms. The summed E-state index contributed by atoms with van der Waals surface area (Å²) in [4.78, 5) is 2.47. The Morgan fingerprint density at radius 1 is 0.279 bits per heavy atom. The van der Waals surface area contributed by atoms with E-state index in [1.54, 1.807) is 0 Å². The van der Waals surface area contributed by atoms with E-state index in [-0.39, 0.29) is 5.41 Å². The van der Waals surface area contributed by atoms with Gasteiger partial charge in [-0.1, -0.05) is 220 Å². The van der Waals surface area contributed by atoms with E-state index in [4.69, 9.17) is 0 Å². The maximum Gasteiger partial charge on any atom is 0.0468 e. The highest BCUT2D eigenvalue weighted by molar-refractivity contribution is 6.33. The molecule has 1 heteroatoms. The van der Waals surface area contributed by atoms with Crippen LogP contribution in [0.15, 0.2) is 249 Å². The van der Waals surface area contributed by atoms with Gasteiger partial charge in [0.1, 0.15) is 0 Å². The third kappa shape index (κ3) is 6.31. The van der Waals surface area contributed by atoms with E-state index in [0.717, 1.165) is 17.1 Å². The van der Waals surface area contributed by atoms with E-state index >= 15 is 0 Å². The summed E-state index contributed by atoms with van der Waals surface area (Å²) < 4.78 is 0. The average Bonchev–Trinajstić information content (AvgIpc) is 3.64. The van der Waals surface area contributed by atoms with Crippen molar-refractivity contribution >= 4 is 60.2 Å². The number of rotatable bonds is 7. The fourth-order valence-electron chi connectivity index (χ4n) is 11.4. The van der Waals surface area contributed by atoms with Gasteiger partial charge < -0.3 is 4.90 Å². The molecule has 13 rings (SSSR count). The molecule has 0 saturated heterocycles. The molecule has 0 aromatic heterocycles. The van der Waals surface area contributed by atoms with Crippen LogP contribution in [0.2, 0.25) is 0 Å². The number of hydrogen-bond acceptors (Lipinski definition) is 1. The van der Waals surface area contributed by atoms with E-state index in [1.807, 2.05) is 0 Å². The van der Waals surface area contributed by atoms with Gasteiger partial charge in [-0.3, -0.25) is 0 Å². The minimum Gasteiger partial charge on any atom is -0.310 e. The van der Waals surface area contributed by atoms with Gasteiger partial charge in [0.25, 0.3) is 0 Å². The van der Waals surface area contributed by atoms with Crippen molar-refractivity contribution in [1.29, 1.82) is 0 Å². The van der Waals surface area contributed by atoms with E-state index in [0.29, 0.717) is 0 Å². The van der Waals surface area contributed by atoms with Gasteiger partial charge in [-0.05, 0) is 152 Å². The summed E-state index contributed by atoms with van der Waals surface area (Å²) in [5, 5.41) is 9.96. The highest BCUT2D eigenvalue weighted by Crippen LogP contribution is 2.53. The van der Waals surface area contributed by atoms with Gasteiger partial charge in [0.2, 0.25) is 0 Å². The van der Waals surface area contributed by atoms with Gasteiger partial charge in [0.05, 0.1) is 0 Å². The summed E-state index contributed by atoms with van der Waals surface area (Å²) in [6.45, 7) is 4.74. The molecular weight excluding hydrogens is 819 g/mol. The summed E-state index contributed by atoms with van der Waals surface area (Å²) in [5.74, 6) is 0. The van der Waals surface area contributed by atoms with E-state index in [9.17, 15) is 0 Å². The van der Waals surface area contributed by atoms with Crippen molar-refractivity contribution < 1.29 is 0 Å². The first-order valence-corrected chi connectivity index (χ1v) is 23.8. The molecule has 1 aliphatic carbocycles. The normalized spacial score (nSPS) is 12.7. The van der Waals surface area contributed by atoms with Crippen LogP contribution >= 0.6 is 0 Å². The monoisotopic (exact) mass is 865 g/mol. The molecule has 0 unspecified atom stereocenters. The first-order valence-electron chi connectivity index (χ1n) is 23.8. The molecular formula is C67H47N. The van der Waals surface area contributed by atoms with Crippen LogP contribution in [0.25, 0.3) is 98.7 Å². The van der Waals surface area contributed by atoms with Gasteiger partial charge in [0.15, 0.2) is 0 Å². The minimum atomic E-state index is -0.148. The highest BCUT2D eigenvalue weighted by atomic mass is 15.1. The summed E-state index contributed by atoms with van der Waals surface area (Å²) in [7, 11) is 0. The van der Waals surface area contributed by atoms with Crippen molar-refractivity contribution in [3.05, 3.63) is 260 Å². The molecule has 12 aromatic rings. The van der Waals surface area contributed by atoms with Crippen LogP contribution in [0.1, 0.15) is 25.0 Å². The number of anilines is 3. The lowest BCUT2D eigenvalue weighted by molar-refractivity contribution is 0.660. The Kier molecular flexibility index (Phi) is 9.27. The minimum absolute atomic E-state index is 0.148. The second-order valence-electron chi connectivity index (χ2n) is 18.8. The van der Waals surface area contributed by atoms with E-state index in [1.165, 1.54) is 110 Å². The molecule has 0 heterocycles. The second-order valence-corrected chi connectivity index (χ2v) is 18.8. The quantitative estimate of drug-likeness (QED) is 0.144. The van der Waals surface area contributed by atoms with E-state index in [2.05, 4.69) is 267 Å². The van der Waals surface area contributed by atoms with Gasteiger partial charge >= 0.3 is 0 Å². The summed E-state index contributed by atoms with van der Waals surface area (Å²) >= 11 is 0. The zero-order valence-corrected chi connectivity index (χ0v) is 38.1. The molecule has 12 aromatic carbocycles. The van der Waals surface area contributed by atoms with Crippen LogP contribution in [0, 0.1) is 0 Å². The number of benzene rings is 12. The standard InChI is InChI=1S/C67H47N/c1-67(2)62-32-17-16-29-55(62)56-39-37-51(42-63(56)67)68(49-35-33-47(34-36-49)53-31-18-26-44-23-12-13-27-52(44)53)50-38-40-58-61(41-50)54-28-14-15-30-57(54)65-60(46-21-8-4-9-22-46)43-59(45-19-6-3-7-20-45)64(66(58)65)48-24-10-5-11-25-48/h3-43H,1-2H3. The maximum absolute atomic E-state index is 2.47. The Labute approximate surface area is 397 Å². The molecule has 1 aliphatic rings. The molecule has 0 atom stereocenters. The Morgan fingerprint density at radius 3 is 1.54 bits per heavy atom. The fourth-order valence-corrected chi connectivity index (χ4v) is 11.4. The predicted octanol–water partition coefficient (Wildman–Crippen LogP) is 18.7. The lowest BCUT2D eigenvalue weighted by Gasteiger charge is -2.29. The Hall–Kier alpha value is -8.52. The van der Waals surface area contributed by atoms with Crippen molar-refractivity contribution in [2.24, 2.45) is 0 Å². The molecule has 0 aliphatic heterocycles. The Morgan fingerprint density at radius 2 is 0.794 bits per heavy atom. The molecule has 320 valence electrons. The smallest absolute Gasteiger partial charge is 0.0468 e. The lowest BCUT2D eigenvalue weighted by atomic mass is 9.81. The third-order valence-corrected chi connectivity index (χ3v) is 14.6. The molecule has 0 saturated carbocycles. The summed E-state index contributed by atoms with van der Waals surface area (Å²) in [6, 6.07) is 92.1. The number of nitrogens with zero attached hydrogens (tertiary/aromatic N) is 1. The van der Waals surface area contributed by atoms with Crippen LogP contribution in [0.5, 0.6) is 0 Å². The van der Waals surface area contributed by atoms with Crippen molar-refractivity contribution in [2.45, 2.75) is 19.3 Å². The summed E-state index contributed by atoms with van der Waals surface area (Å²) in [5.41, 5.74) is 18.3. The second kappa shape index (κ2) is 15.8. The molecule has 68 heavy (non-hydrogen) atoms. The van der Waals surface area contributed by atoms with E-state index < -0.39 is 0 Å². The SMILES string of the molecule is CC1(C)c2ccccc2-c2ccc(N(c3ccc(-c4cccc5ccccc45)cc3)c3ccc4c(c3)c3ccccc3c3c(-c5ccccc5)cc(-c5ccccc5)c(-c5ccccc5)c43)cc21. The molecule has 0 fully saturated rings. The van der Waals surface area contributed by atoms with Crippen LogP contribution < -0.4 is 4.90 Å². The zero-order chi connectivity index (χ0) is 45.3. The van der Waals surface area contributed by atoms with Crippen molar-refractivity contribution in [3.63, 3.8) is 0 Å². The van der Waals surface area contributed by atoms with Gasteiger partial charge in [-0.15, -0.1) is 0 Å². The third-order valence-electron chi connectivity index (χ3n) is 14.6. The largest absolute Gasteiger partial charge is 0.310 e. The Balaban J connectivity index is 1.10. The average molecular weight is 866 g/mol. The first kappa shape index (κ1) is 39.8. The maximum atomic E-state index is 2.47. The van der Waals surface area contributed by atoms with Crippen LogP contribution in [0.4, 0.5) is 17.1 Å². The molecule has 0 radical (unpaired) electrons. The van der Waals surface area contributed by atoms with Crippen LogP contribution in [-0.2, 0) is 5.41 Å².